The minimum Gasteiger partial charge on any atom is -0.493 e. The number of fused-ring (bicyclic) bond motifs is 1. The molecule has 1 aromatic heterocycles. The van der Waals surface area contributed by atoms with Crippen molar-refractivity contribution in [2.24, 2.45) is 0 Å². The molecule has 0 bridgehead atoms. The van der Waals surface area contributed by atoms with Gasteiger partial charge in [-0.05, 0) is 23.6 Å². The van der Waals surface area contributed by atoms with Crippen LogP contribution in [0.3, 0.4) is 0 Å². The summed E-state index contributed by atoms with van der Waals surface area (Å²) in [7, 11) is 0. The Morgan fingerprint density at radius 2 is 2.32 bits per heavy atom. The average Bonchev–Trinajstić information content (AvgIpc) is 3.13. The molecule has 0 radical (unpaired) electrons. The predicted molar refractivity (Wildman–Crippen MR) is 83.1 cm³/mol. The summed E-state index contributed by atoms with van der Waals surface area (Å²) in [5, 5.41) is 9.54. The molecule has 6 nitrogen and oxygen atoms in total. The van der Waals surface area contributed by atoms with Crippen LogP contribution in [0.25, 0.3) is 0 Å². The summed E-state index contributed by atoms with van der Waals surface area (Å²) in [6.07, 6.45) is 2.05. The van der Waals surface area contributed by atoms with Crippen LogP contribution in [0, 0.1) is 0 Å². The van der Waals surface area contributed by atoms with Gasteiger partial charge in [-0.1, -0.05) is 26.0 Å². The number of benzene rings is 1. The summed E-state index contributed by atoms with van der Waals surface area (Å²) in [6.45, 7) is 4.79. The van der Waals surface area contributed by atoms with E-state index in [4.69, 9.17) is 4.74 Å². The molecule has 1 aromatic carbocycles. The van der Waals surface area contributed by atoms with Crippen molar-refractivity contribution in [2.45, 2.75) is 39.0 Å². The molecule has 2 aromatic rings. The zero-order valence-electron chi connectivity index (χ0n) is 12.8. The molecule has 6 heteroatoms. The van der Waals surface area contributed by atoms with E-state index in [1.807, 2.05) is 26.0 Å². The van der Waals surface area contributed by atoms with E-state index in [1.165, 1.54) is 5.56 Å². The lowest BCUT2D eigenvalue weighted by Gasteiger charge is -2.04. The van der Waals surface area contributed by atoms with Gasteiger partial charge in [0.1, 0.15) is 11.6 Å². The molecule has 1 aliphatic heterocycles. The number of aryl methyl sites for hydroxylation is 1. The average molecular weight is 300 g/mol. The number of aromatic nitrogens is 3. The Morgan fingerprint density at radius 1 is 1.45 bits per heavy atom. The van der Waals surface area contributed by atoms with Gasteiger partial charge in [0.2, 0.25) is 11.9 Å². The Hall–Kier alpha value is -2.37. The van der Waals surface area contributed by atoms with Crippen LogP contribution < -0.4 is 10.1 Å². The van der Waals surface area contributed by atoms with Crippen molar-refractivity contribution in [1.82, 2.24) is 15.2 Å². The first kappa shape index (κ1) is 14.6. The smallest absolute Gasteiger partial charge is 0.248 e. The highest BCUT2D eigenvalue weighted by atomic mass is 16.5. The van der Waals surface area contributed by atoms with Gasteiger partial charge in [0.15, 0.2) is 0 Å². The maximum absolute atomic E-state index is 12.0. The predicted octanol–water partition coefficient (Wildman–Crippen LogP) is 2.43. The molecule has 0 atom stereocenters. The molecule has 0 saturated heterocycles. The number of carbonyl (C=O) groups is 1. The molecule has 2 N–H and O–H groups in total. The van der Waals surface area contributed by atoms with E-state index < -0.39 is 0 Å². The van der Waals surface area contributed by atoms with Crippen LogP contribution in [0.1, 0.15) is 43.1 Å². The SMILES string of the molecule is CC(C)c1nc(NC(=O)CCc2ccc3c(c2)CCO3)n[nH]1. The van der Waals surface area contributed by atoms with Gasteiger partial charge < -0.3 is 4.74 Å². The normalized spacial score (nSPS) is 13.0. The number of aromatic amines is 1. The minimum absolute atomic E-state index is 0.0777. The monoisotopic (exact) mass is 300 g/mol. The van der Waals surface area contributed by atoms with E-state index >= 15 is 0 Å². The number of anilines is 1. The van der Waals surface area contributed by atoms with Crippen LogP contribution in [0.2, 0.25) is 0 Å². The highest BCUT2D eigenvalue weighted by molar-refractivity contribution is 5.89. The third kappa shape index (κ3) is 3.27. The lowest BCUT2D eigenvalue weighted by molar-refractivity contribution is -0.116. The van der Waals surface area contributed by atoms with Crippen LogP contribution in [0.5, 0.6) is 5.75 Å². The fraction of sp³-hybridized carbons (Fsp3) is 0.438. The molecule has 0 saturated carbocycles. The highest BCUT2D eigenvalue weighted by Gasteiger charge is 2.13. The topological polar surface area (TPSA) is 79.9 Å². The lowest BCUT2D eigenvalue weighted by atomic mass is 10.0. The molecule has 0 aliphatic carbocycles. The number of hydrogen-bond donors (Lipinski definition) is 2. The Labute approximate surface area is 129 Å². The summed E-state index contributed by atoms with van der Waals surface area (Å²) in [4.78, 5) is 16.2. The number of H-pyrrole nitrogens is 1. The maximum atomic E-state index is 12.0. The Kier molecular flexibility index (Phi) is 4.09. The summed E-state index contributed by atoms with van der Waals surface area (Å²) < 4.78 is 5.48. The second-order valence-corrected chi connectivity index (χ2v) is 5.79. The highest BCUT2D eigenvalue weighted by Crippen LogP contribution is 2.26. The third-order valence-electron chi connectivity index (χ3n) is 3.70. The molecule has 1 amide bonds. The summed E-state index contributed by atoms with van der Waals surface area (Å²) in [6, 6.07) is 6.13. The van der Waals surface area contributed by atoms with Crippen LogP contribution in [-0.4, -0.2) is 27.7 Å². The first-order valence-corrected chi connectivity index (χ1v) is 7.58. The van der Waals surface area contributed by atoms with Crippen molar-refractivity contribution in [3.8, 4) is 5.75 Å². The van der Waals surface area contributed by atoms with E-state index in [1.54, 1.807) is 0 Å². The number of carbonyl (C=O) groups excluding carboxylic acids is 1. The molecular weight excluding hydrogens is 280 g/mol. The number of ether oxygens (including phenoxy) is 1. The van der Waals surface area contributed by atoms with Crippen LogP contribution in [0.4, 0.5) is 5.95 Å². The Balaban J connectivity index is 1.53. The van der Waals surface area contributed by atoms with E-state index in [9.17, 15) is 4.79 Å². The quantitative estimate of drug-likeness (QED) is 0.888. The van der Waals surface area contributed by atoms with Gasteiger partial charge in [-0.25, -0.2) is 0 Å². The summed E-state index contributed by atoms with van der Waals surface area (Å²) >= 11 is 0. The number of amides is 1. The van der Waals surface area contributed by atoms with Gasteiger partial charge in [0.05, 0.1) is 6.61 Å². The van der Waals surface area contributed by atoms with Crippen molar-refractivity contribution >= 4 is 11.9 Å². The van der Waals surface area contributed by atoms with Crippen molar-refractivity contribution in [3.63, 3.8) is 0 Å². The lowest BCUT2D eigenvalue weighted by Crippen LogP contribution is -2.13. The first-order valence-electron chi connectivity index (χ1n) is 7.58. The number of nitrogens with zero attached hydrogens (tertiary/aromatic N) is 2. The van der Waals surface area contributed by atoms with Crippen molar-refractivity contribution < 1.29 is 9.53 Å². The number of hydrogen-bond acceptors (Lipinski definition) is 4. The summed E-state index contributed by atoms with van der Waals surface area (Å²) in [5.74, 6) is 2.26. The van der Waals surface area contributed by atoms with Gasteiger partial charge >= 0.3 is 0 Å². The van der Waals surface area contributed by atoms with Crippen LogP contribution in [0.15, 0.2) is 18.2 Å². The van der Waals surface area contributed by atoms with Crippen LogP contribution >= 0.6 is 0 Å². The van der Waals surface area contributed by atoms with Gasteiger partial charge in [0.25, 0.3) is 0 Å². The fourth-order valence-corrected chi connectivity index (χ4v) is 2.43. The number of nitrogens with one attached hydrogen (secondary N) is 2. The van der Waals surface area contributed by atoms with E-state index in [0.29, 0.717) is 18.8 Å². The molecular formula is C16H20N4O2. The van der Waals surface area contributed by atoms with Gasteiger partial charge in [0, 0.05) is 18.8 Å². The fourth-order valence-electron chi connectivity index (χ4n) is 2.43. The standard InChI is InChI=1S/C16H20N4O2/c1-10(2)15-18-16(20-19-15)17-14(21)6-4-11-3-5-13-12(9-11)7-8-22-13/h3,5,9-10H,4,6-8H2,1-2H3,(H2,17,18,19,20,21). The Bertz CT molecular complexity index is 679. The van der Waals surface area contributed by atoms with Gasteiger partial charge in [-0.3, -0.25) is 15.2 Å². The molecule has 3 rings (SSSR count). The zero-order valence-corrected chi connectivity index (χ0v) is 12.8. The van der Waals surface area contributed by atoms with Crippen LogP contribution in [-0.2, 0) is 17.6 Å². The largest absolute Gasteiger partial charge is 0.493 e. The molecule has 22 heavy (non-hydrogen) atoms. The second kappa shape index (κ2) is 6.17. The van der Waals surface area contributed by atoms with Crippen molar-refractivity contribution in [1.29, 1.82) is 0 Å². The van der Waals surface area contributed by atoms with E-state index in [2.05, 4.69) is 26.6 Å². The molecule has 1 aliphatic rings. The van der Waals surface area contributed by atoms with Crippen molar-refractivity contribution in [2.75, 3.05) is 11.9 Å². The maximum Gasteiger partial charge on any atom is 0.248 e. The molecule has 0 spiro atoms. The van der Waals surface area contributed by atoms with E-state index in [-0.39, 0.29) is 11.8 Å². The minimum atomic E-state index is -0.0777. The molecule has 116 valence electrons. The molecule has 2 heterocycles. The Morgan fingerprint density at radius 3 is 3.09 bits per heavy atom. The van der Waals surface area contributed by atoms with Gasteiger partial charge in [-0.15, -0.1) is 5.10 Å². The molecule has 0 unspecified atom stereocenters. The zero-order chi connectivity index (χ0) is 15.5. The summed E-state index contributed by atoms with van der Waals surface area (Å²) in [5.41, 5.74) is 2.38. The first-order chi connectivity index (χ1) is 10.6. The molecule has 0 fully saturated rings. The van der Waals surface area contributed by atoms with Gasteiger partial charge in [-0.2, -0.15) is 4.98 Å². The van der Waals surface area contributed by atoms with Crippen molar-refractivity contribution in [3.05, 3.63) is 35.2 Å². The van der Waals surface area contributed by atoms with E-state index in [0.717, 1.165) is 30.2 Å². The second-order valence-electron chi connectivity index (χ2n) is 5.79. The third-order valence-corrected chi connectivity index (χ3v) is 3.70. The number of rotatable bonds is 5.